The predicted molar refractivity (Wildman–Crippen MR) is 101 cm³/mol. The van der Waals surface area contributed by atoms with Gasteiger partial charge >= 0.3 is 0 Å². The number of hydrogen-bond donors (Lipinski definition) is 0. The number of carbonyl (C=O) groups excluding carboxylic acids is 1. The normalized spacial score (nSPS) is 22.9. The lowest BCUT2D eigenvalue weighted by Crippen LogP contribution is -2.44. The molecular formula is C20H25N3O2S. The lowest BCUT2D eigenvalue weighted by Gasteiger charge is -2.41. The van der Waals surface area contributed by atoms with Gasteiger partial charge in [0.1, 0.15) is 10.8 Å². The molecule has 3 heterocycles. The molecule has 0 spiro atoms. The first-order chi connectivity index (χ1) is 12.7. The summed E-state index contributed by atoms with van der Waals surface area (Å²) in [4.78, 5) is 19.7. The number of pyridine rings is 1. The van der Waals surface area contributed by atoms with Crippen molar-refractivity contribution < 1.29 is 9.32 Å². The maximum Gasteiger partial charge on any atom is 0.256 e. The molecule has 2 fully saturated rings. The van der Waals surface area contributed by atoms with Gasteiger partial charge in [-0.2, -0.15) is 0 Å². The van der Waals surface area contributed by atoms with Gasteiger partial charge < -0.3 is 9.42 Å². The van der Waals surface area contributed by atoms with Crippen LogP contribution in [0.1, 0.15) is 53.9 Å². The quantitative estimate of drug-likeness (QED) is 0.749. The number of piperidine rings is 1. The van der Waals surface area contributed by atoms with E-state index in [-0.39, 0.29) is 5.91 Å². The van der Waals surface area contributed by atoms with E-state index in [1.807, 2.05) is 30.0 Å². The van der Waals surface area contributed by atoms with Gasteiger partial charge in [0.05, 0.1) is 11.3 Å². The van der Waals surface area contributed by atoms with Crippen LogP contribution in [0.3, 0.4) is 0 Å². The number of aromatic nitrogens is 2. The average Bonchev–Trinajstić information content (AvgIpc) is 3.11. The molecule has 1 saturated heterocycles. The molecule has 0 bridgehead atoms. The van der Waals surface area contributed by atoms with Crippen LogP contribution in [0.5, 0.6) is 0 Å². The minimum Gasteiger partial charge on any atom is -0.361 e. The number of thioether (sulfide) groups is 1. The van der Waals surface area contributed by atoms with E-state index in [0.29, 0.717) is 17.2 Å². The molecular weight excluding hydrogens is 346 g/mol. The van der Waals surface area contributed by atoms with E-state index in [1.165, 1.54) is 25.7 Å². The lowest BCUT2D eigenvalue weighted by atomic mass is 9.75. The fourth-order valence-corrected chi connectivity index (χ4v) is 5.12. The smallest absolute Gasteiger partial charge is 0.256 e. The van der Waals surface area contributed by atoms with Crippen molar-refractivity contribution in [1.82, 2.24) is 15.0 Å². The number of aryl methyl sites for hydroxylation is 1. The summed E-state index contributed by atoms with van der Waals surface area (Å²) in [6.07, 6.45) is 8.19. The molecule has 0 radical (unpaired) electrons. The fourth-order valence-electron chi connectivity index (χ4n) is 4.25. The van der Waals surface area contributed by atoms with E-state index in [9.17, 15) is 4.79 Å². The zero-order valence-electron chi connectivity index (χ0n) is 15.2. The standard InChI is InChI=1S/C20H25N3O2S/c1-14-11-17(22-25-14)13-26-19-18(7-4-9-21-19)20(24)23-10-8-15-5-2-3-6-16(15)12-23/h4,7,9,11,15-16H,2-3,5-6,8,10,12-13H2,1H3/t15-,16-/m0/s1. The first-order valence-corrected chi connectivity index (χ1v) is 10.5. The summed E-state index contributed by atoms with van der Waals surface area (Å²) in [5.74, 6) is 3.09. The Hall–Kier alpha value is -1.82. The van der Waals surface area contributed by atoms with Crippen molar-refractivity contribution in [3.8, 4) is 0 Å². The minimum absolute atomic E-state index is 0.126. The van der Waals surface area contributed by atoms with Crippen molar-refractivity contribution >= 4 is 17.7 Å². The van der Waals surface area contributed by atoms with E-state index in [0.717, 1.165) is 41.9 Å². The van der Waals surface area contributed by atoms with Crippen molar-refractivity contribution in [3.05, 3.63) is 41.4 Å². The van der Waals surface area contributed by atoms with Gasteiger partial charge in [0, 0.05) is 31.1 Å². The van der Waals surface area contributed by atoms with Crippen molar-refractivity contribution in [2.24, 2.45) is 11.8 Å². The van der Waals surface area contributed by atoms with Gasteiger partial charge in [-0.05, 0) is 43.7 Å². The molecule has 2 aromatic heterocycles. The van der Waals surface area contributed by atoms with Crippen LogP contribution < -0.4 is 0 Å². The maximum absolute atomic E-state index is 13.1. The van der Waals surface area contributed by atoms with Gasteiger partial charge in [0.15, 0.2) is 0 Å². The summed E-state index contributed by atoms with van der Waals surface area (Å²) in [6.45, 7) is 3.66. The molecule has 0 unspecified atom stereocenters. The highest BCUT2D eigenvalue weighted by molar-refractivity contribution is 7.98. The molecule has 0 N–H and O–H groups in total. The van der Waals surface area contributed by atoms with Crippen LogP contribution in [0.2, 0.25) is 0 Å². The summed E-state index contributed by atoms with van der Waals surface area (Å²) >= 11 is 1.55. The van der Waals surface area contributed by atoms with Crippen LogP contribution in [0.25, 0.3) is 0 Å². The van der Waals surface area contributed by atoms with Gasteiger partial charge in [-0.1, -0.05) is 36.2 Å². The van der Waals surface area contributed by atoms with Gasteiger partial charge in [0.2, 0.25) is 0 Å². The Morgan fingerprint density at radius 2 is 2.15 bits per heavy atom. The van der Waals surface area contributed by atoms with Crippen LogP contribution >= 0.6 is 11.8 Å². The number of hydrogen-bond acceptors (Lipinski definition) is 5. The third-order valence-corrected chi connectivity index (χ3v) is 6.65. The molecule has 1 aliphatic heterocycles. The van der Waals surface area contributed by atoms with Gasteiger partial charge in [0.25, 0.3) is 5.91 Å². The molecule has 2 atom stereocenters. The van der Waals surface area contributed by atoms with Crippen LogP contribution in [-0.2, 0) is 5.75 Å². The second-order valence-electron chi connectivity index (χ2n) is 7.42. The van der Waals surface area contributed by atoms with Crippen molar-refractivity contribution in [2.75, 3.05) is 13.1 Å². The number of nitrogens with zero attached hydrogens (tertiary/aromatic N) is 3. The second-order valence-corrected chi connectivity index (χ2v) is 8.38. The first-order valence-electron chi connectivity index (χ1n) is 9.50. The summed E-state index contributed by atoms with van der Waals surface area (Å²) < 4.78 is 5.12. The van der Waals surface area contributed by atoms with Gasteiger partial charge in [-0.15, -0.1) is 0 Å². The molecule has 138 valence electrons. The highest BCUT2D eigenvalue weighted by Gasteiger charge is 2.33. The Kier molecular flexibility index (Phi) is 5.29. The van der Waals surface area contributed by atoms with E-state index in [2.05, 4.69) is 10.1 Å². The number of rotatable bonds is 4. The summed E-state index contributed by atoms with van der Waals surface area (Å²) in [5, 5.41) is 4.80. The number of carbonyl (C=O) groups is 1. The molecule has 1 aliphatic carbocycles. The van der Waals surface area contributed by atoms with E-state index in [1.54, 1.807) is 18.0 Å². The van der Waals surface area contributed by atoms with E-state index in [4.69, 9.17) is 4.52 Å². The second kappa shape index (κ2) is 7.82. The van der Waals surface area contributed by atoms with Crippen LogP contribution in [-0.4, -0.2) is 34.0 Å². The molecule has 0 aromatic carbocycles. The largest absolute Gasteiger partial charge is 0.361 e. The average molecular weight is 372 g/mol. The lowest BCUT2D eigenvalue weighted by molar-refractivity contribution is 0.0517. The molecule has 2 aliphatic rings. The van der Waals surface area contributed by atoms with E-state index < -0.39 is 0 Å². The Balaban J connectivity index is 1.45. The Bertz CT molecular complexity index is 776. The number of likely N-dealkylation sites (tertiary alicyclic amines) is 1. The minimum atomic E-state index is 0.126. The number of amides is 1. The highest BCUT2D eigenvalue weighted by Crippen LogP contribution is 2.37. The molecule has 1 amide bonds. The SMILES string of the molecule is Cc1cc(CSc2ncccc2C(=O)N2CC[C@@H]3CCCC[C@H]3C2)no1. The third kappa shape index (κ3) is 3.80. The molecule has 5 nitrogen and oxygen atoms in total. The topological polar surface area (TPSA) is 59.2 Å². The predicted octanol–water partition coefficient (Wildman–Crippen LogP) is 4.32. The third-order valence-electron chi connectivity index (χ3n) is 5.61. The Morgan fingerprint density at radius 1 is 1.31 bits per heavy atom. The molecule has 1 saturated carbocycles. The first kappa shape index (κ1) is 17.6. The summed E-state index contributed by atoms with van der Waals surface area (Å²) in [5.41, 5.74) is 1.59. The number of fused-ring (bicyclic) bond motifs is 1. The maximum atomic E-state index is 13.1. The zero-order valence-corrected chi connectivity index (χ0v) is 16.0. The Morgan fingerprint density at radius 3 is 2.96 bits per heavy atom. The molecule has 6 heteroatoms. The van der Waals surface area contributed by atoms with E-state index >= 15 is 0 Å². The highest BCUT2D eigenvalue weighted by atomic mass is 32.2. The van der Waals surface area contributed by atoms with Gasteiger partial charge in [-0.25, -0.2) is 4.98 Å². The summed E-state index contributed by atoms with van der Waals surface area (Å²) in [7, 11) is 0. The van der Waals surface area contributed by atoms with Crippen LogP contribution in [0.4, 0.5) is 0 Å². The molecule has 26 heavy (non-hydrogen) atoms. The Labute approximate surface area is 158 Å². The summed E-state index contributed by atoms with van der Waals surface area (Å²) in [6, 6.07) is 5.68. The van der Waals surface area contributed by atoms with Crippen molar-refractivity contribution in [1.29, 1.82) is 0 Å². The van der Waals surface area contributed by atoms with Crippen LogP contribution in [0.15, 0.2) is 33.9 Å². The van der Waals surface area contributed by atoms with Crippen molar-refractivity contribution in [3.63, 3.8) is 0 Å². The van der Waals surface area contributed by atoms with Gasteiger partial charge in [-0.3, -0.25) is 4.79 Å². The monoisotopic (exact) mass is 371 g/mol. The zero-order chi connectivity index (χ0) is 17.9. The van der Waals surface area contributed by atoms with Crippen LogP contribution in [0, 0.1) is 18.8 Å². The molecule has 4 rings (SSSR count). The van der Waals surface area contributed by atoms with Crippen molar-refractivity contribution in [2.45, 2.75) is 49.8 Å². The fraction of sp³-hybridized carbons (Fsp3) is 0.550. The molecule has 2 aromatic rings.